The lowest BCUT2D eigenvalue weighted by molar-refractivity contribution is -0.113. The Morgan fingerprint density at radius 2 is 1.52 bits per heavy atom. The maximum atomic E-state index is 13.4. The van der Waals surface area contributed by atoms with Crippen LogP contribution in [0.25, 0.3) is 6.08 Å². The maximum absolute atomic E-state index is 13.4. The number of halogens is 1. The van der Waals surface area contributed by atoms with Crippen molar-refractivity contribution in [3.63, 3.8) is 0 Å². The van der Waals surface area contributed by atoms with Gasteiger partial charge >= 0.3 is 0 Å². The quantitative estimate of drug-likeness (QED) is 0.137. The summed E-state index contributed by atoms with van der Waals surface area (Å²) in [5, 5.41) is 5.58. The molecule has 0 fully saturated rings. The Labute approximate surface area is 236 Å². The van der Waals surface area contributed by atoms with Gasteiger partial charge in [0.2, 0.25) is 0 Å². The molecule has 2 amide bonds. The maximum Gasteiger partial charge on any atom is 0.272 e. The molecular weight excluding hydrogens is 525 g/mol. The van der Waals surface area contributed by atoms with Crippen LogP contribution in [0.4, 0.5) is 15.8 Å². The minimum absolute atomic E-state index is 0.0796. The highest BCUT2D eigenvalue weighted by Gasteiger charge is 2.16. The molecule has 0 saturated heterocycles. The molecule has 0 aliphatic carbocycles. The fourth-order valence-electron chi connectivity index (χ4n) is 3.71. The highest BCUT2D eigenvalue weighted by Crippen LogP contribution is 2.23. The average Bonchev–Trinajstić information content (AvgIpc) is 2.97. The Morgan fingerprint density at radius 3 is 2.20 bits per heavy atom. The van der Waals surface area contributed by atoms with E-state index < -0.39 is 17.6 Å². The molecule has 0 spiro atoms. The van der Waals surface area contributed by atoms with Crippen molar-refractivity contribution < 1.29 is 18.8 Å². The van der Waals surface area contributed by atoms with Gasteiger partial charge in [-0.1, -0.05) is 36.4 Å². The molecule has 0 aliphatic heterocycles. The minimum Gasteiger partial charge on any atom is -0.378 e. The molecule has 202 valence electrons. The molecule has 4 aromatic carbocycles. The monoisotopic (exact) mass is 553 g/mol. The third kappa shape index (κ3) is 7.91. The van der Waals surface area contributed by atoms with Gasteiger partial charge in [0.05, 0.1) is 5.75 Å². The fraction of sp³-hybridized carbons (Fsp3) is 0.0938. The van der Waals surface area contributed by atoms with Crippen LogP contribution in [0.2, 0.25) is 0 Å². The predicted octanol–water partition coefficient (Wildman–Crippen LogP) is 6.28. The summed E-state index contributed by atoms with van der Waals surface area (Å²) in [6.07, 6.45) is 1.62. The van der Waals surface area contributed by atoms with E-state index in [1.807, 2.05) is 55.4 Å². The largest absolute Gasteiger partial charge is 0.378 e. The Bertz CT molecular complexity index is 1520. The van der Waals surface area contributed by atoms with Crippen LogP contribution in [0.1, 0.15) is 26.3 Å². The second kappa shape index (κ2) is 13.4. The average molecular weight is 554 g/mol. The van der Waals surface area contributed by atoms with Gasteiger partial charge in [0, 0.05) is 41.5 Å². The van der Waals surface area contributed by atoms with Crippen molar-refractivity contribution in [2.75, 3.05) is 30.1 Å². The summed E-state index contributed by atoms with van der Waals surface area (Å²) < 4.78 is 13.1. The van der Waals surface area contributed by atoms with E-state index in [0.29, 0.717) is 16.8 Å². The number of hydrogen-bond acceptors (Lipinski definition) is 5. The van der Waals surface area contributed by atoms with Crippen LogP contribution in [0.5, 0.6) is 0 Å². The van der Waals surface area contributed by atoms with Gasteiger partial charge in [-0.3, -0.25) is 14.4 Å². The number of amides is 2. The predicted molar refractivity (Wildman–Crippen MR) is 159 cm³/mol. The van der Waals surface area contributed by atoms with Gasteiger partial charge in [0.15, 0.2) is 5.78 Å². The van der Waals surface area contributed by atoms with Gasteiger partial charge in [-0.2, -0.15) is 0 Å². The van der Waals surface area contributed by atoms with Gasteiger partial charge in [-0.05, 0) is 78.4 Å². The first-order valence-electron chi connectivity index (χ1n) is 12.5. The van der Waals surface area contributed by atoms with E-state index >= 15 is 0 Å². The highest BCUT2D eigenvalue weighted by atomic mass is 32.2. The van der Waals surface area contributed by atoms with Crippen molar-refractivity contribution in [2.24, 2.45) is 0 Å². The first-order valence-corrected chi connectivity index (χ1v) is 13.5. The lowest BCUT2D eigenvalue weighted by Gasteiger charge is -2.14. The molecule has 40 heavy (non-hydrogen) atoms. The van der Waals surface area contributed by atoms with Gasteiger partial charge in [0.25, 0.3) is 11.8 Å². The van der Waals surface area contributed by atoms with Gasteiger partial charge in [0.1, 0.15) is 11.5 Å². The first-order chi connectivity index (χ1) is 19.3. The SMILES string of the molecule is CN(C)c1ccc(/C=C(\NC(=O)c2ccccc2)C(=O)Nc2cccc(SCC(=O)c3ccc(F)cc3)c2)cc1. The number of nitrogens with one attached hydrogen (secondary N) is 2. The number of carbonyl (C=O) groups excluding carboxylic acids is 3. The van der Waals surface area contributed by atoms with E-state index in [4.69, 9.17) is 0 Å². The zero-order valence-corrected chi connectivity index (χ0v) is 22.9. The minimum atomic E-state index is -0.495. The van der Waals surface area contributed by atoms with E-state index in [2.05, 4.69) is 10.6 Å². The standard InChI is InChI=1S/C32H28FN3O3S/c1-36(2)27-17-11-22(12-18-27)19-29(35-31(38)24-7-4-3-5-8-24)32(39)34-26-9-6-10-28(20-26)40-21-30(37)23-13-15-25(33)16-14-23/h3-20H,21H2,1-2H3,(H,34,39)(H,35,38)/b29-19-. The van der Waals surface area contributed by atoms with Crippen molar-refractivity contribution >= 4 is 46.8 Å². The summed E-state index contributed by atoms with van der Waals surface area (Å²) >= 11 is 1.31. The van der Waals surface area contributed by atoms with Crippen molar-refractivity contribution in [1.29, 1.82) is 0 Å². The lowest BCUT2D eigenvalue weighted by atomic mass is 10.1. The highest BCUT2D eigenvalue weighted by molar-refractivity contribution is 8.00. The number of hydrogen-bond donors (Lipinski definition) is 2. The topological polar surface area (TPSA) is 78.5 Å². The second-order valence-corrected chi connectivity index (χ2v) is 10.1. The third-order valence-corrected chi connectivity index (χ3v) is 6.87. The molecule has 4 rings (SSSR count). The number of carbonyl (C=O) groups is 3. The molecule has 0 aromatic heterocycles. The number of rotatable bonds is 10. The second-order valence-electron chi connectivity index (χ2n) is 9.06. The van der Waals surface area contributed by atoms with Gasteiger partial charge in [-0.25, -0.2) is 4.39 Å². The third-order valence-electron chi connectivity index (χ3n) is 5.88. The Balaban J connectivity index is 1.50. The number of ketones is 1. The molecule has 0 atom stereocenters. The molecule has 2 N–H and O–H groups in total. The van der Waals surface area contributed by atoms with E-state index in [1.54, 1.807) is 48.5 Å². The number of Topliss-reactive ketones (excluding diaryl/α,β-unsaturated/α-hetero) is 1. The van der Waals surface area contributed by atoms with Crippen molar-refractivity contribution in [3.8, 4) is 0 Å². The summed E-state index contributed by atoms with van der Waals surface area (Å²) in [6, 6.07) is 28.8. The van der Waals surface area contributed by atoms with E-state index in [0.717, 1.165) is 16.1 Å². The molecule has 4 aromatic rings. The van der Waals surface area contributed by atoms with Gasteiger partial charge < -0.3 is 15.5 Å². The number of nitrogens with zero attached hydrogens (tertiary/aromatic N) is 1. The fourth-order valence-corrected chi connectivity index (χ4v) is 4.56. The van der Waals surface area contributed by atoms with Crippen LogP contribution in [0.3, 0.4) is 0 Å². The molecular formula is C32H28FN3O3S. The summed E-state index contributed by atoms with van der Waals surface area (Å²) in [5.74, 6) is -1.27. The Hall–Kier alpha value is -4.69. The molecule has 0 heterocycles. The smallest absolute Gasteiger partial charge is 0.272 e. The summed E-state index contributed by atoms with van der Waals surface area (Å²) in [4.78, 5) is 41.5. The molecule has 8 heteroatoms. The zero-order chi connectivity index (χ0) is 28.5. The first kappa shape index (κ1) is 28.3. The molecule has 0 radical (unpaired) electrons. The van der Waals surface area contributed by atoms with Crippen molar-refractivity contribution in [2.45, 2.75) is 4.90 Å². The molecule has 0 saturated carbocycles. The molecule has 0 aliphatic rings. The van der Waals surface area contributed by atoms with Crippen LogP contribution < -0.4 is 15.5 Å². The van der Waals surface area contributed by atoms with Crippen molar-refractivity contribution in [1.82, 2.24) is 5.32 Å². The van der Waals surface area contributed by atoms with Crippen LogP contribution in [0, 0.1) is 5.82 Å². The van der Waals surface area contributed by atoms with Gasteiger partial charge in [-0.15, -0.1) is 11.8 Å². The summed E-state index contributed by atoms with van der Waals surface area (Å²) in [6.45, 7) is 0. The van der Waals surface area contributed by atoms with Crippen LogP contribution in [0.15, 0.2) is 114 Å². The Morgan fingerprint density at radius 1 is 0.825 bits per heavy atom. The lowest BCUT2D eigenvalue weighted by Crippen LogP contribution is -2.30. The molecule has 6 nitrogen and oxygen atoms in total. The number of anilines is 2. The Kier molecular flexibility index (Phi) is 9.48. The number of thioether (sulfide) groups is 1. The van der Waals surface area contributed by atoms with Crippen LogP contribution >= 0.6 is 11.8 Å². The summed E-state index contributed by atoms with van der Waals surface area (Å²) in [5.41, 5.74) is 3.19. The van der Waals surface area contributed by atoms with E-state index in [-0.39, 0.29) is 17.2 Å². The van der Waals surface area contributed by atoms with Crippen molar-refractivity contribution in [3.05, 3.63) is 131 Å². The van der Waals surface area contributed by atoms with Crippen LogP contribution in [-0.4, -0.2) is 37.4 Å². The number of benzene rings is 4. The normalized spacial score (nSPS) is 11.0. The molecule has 0 unspecified atom stereocenters. The van der Waals surface area contributed by atoms with E-state index in [1.165, 1.54) is 36.0 Å². The van der Waals surface area contributed by atoms with Crippen LogP contribution in [-0.2, 0) is 4.79 Å². The zero-order valence-electron chi connectivity index (χ0n) is 22.1. The summed E-state index contributed by atoms with van der Waals surface area (Å²) in [7, 11) is 3.88. The van der Waals surface area contributed by atoms with E-state index in [9.17, 15) is 18.8 Å². The molecule has 0 bridgehead atoms.